The highest BCUT2D eigenvalue weighted by molar-refractivity contribution is 7.13. The molecule has 0 spiro atoms. The lowest BCUT2D eigenvalue weighted by atomic mass is 10.1. The first-order valence-electron chi connectivity index (χ1n) is 9.61. The first-order chi connectivity index (χ1) is 14.7. The number of nitrogens with two attached hydrogens (primary N) is 1. The molecule has 1 heterocycles. The average Bonchev–Trinajstić information content (AvgIpc) is 3.32. The predicted molar refractivity (Wildman–Crippen MR) is 119 cm³/mol. The van der Waals surface area contributed by atoms with Gasteiger partial charge in [-0.2, -0.15) is 0 Å². The minimum absolute atomic E-state index is 0.0251. The summed E-state index contributed by atoms with van der Waals surface area (Å²) in [5.41, 5.74) is 7.91. The number of aromatic nitrogens is 1. The van der Waals surface area contributed by atoms with Crippen LogP contribution in [0.2, 0.25) is 0 Å². The standard InChI is InChI=1S/C24H22N2O3S/c25-19(16-27)15-17-1-5-20(6-2-17)28-22-9-11-23(12-10-22)29-21-7-3-18(4-8-21)24-26-13-14-30-24/h1-14,19,27H,15-16,25H2. The summed E-state index contributed by atoms with van der Waals surface area (Å²) >= 11 is 1.61. The predicted octanol–water partition coefficient (Wildman–Crippen LogP) is 5.26. The maximum absolute atomic E-state index is 9.05. The second-order valence-corrected chi connectivity index (χ2v) is 7.72. The minimum Gasteiger partial charge on any atom is -0.457 e. The van der Waals surface area contributed by atoms with Gasteiger partial charge >= 0.3 is 0 Å². The van der Waals surface area contributed by atoms with Gasteiger partial charge in [-0.25, -0.2) is 4.98 Å². The Balaban J connectivity index is 1.35. The Kier molecular flexibility index (Phi) is 6.39. The van der Waals surface area contributed by atoms with E-state index in [0.29, 0.717) is 6.42 Å². The van der Waals surface area contributed by atoms with E-state index in [1.54, 1.807) is 17.5 Å². The molecule has 3 aromatic carbocycles. The minimum atomic E-state index is -0.243. The maximum atomic E-state index is 9.05. The smallest absolute Gasteiger partial charge is 0.127 e. The molecular weight excluding hydrogens is 396 g/mol. The maximum Gasteiger partial charge on any atom is 0.127 e. The van der Waals surface area contributed by atoms with Gasteiger partial charge in [0.2, 0.25) is 0 Å². The van der Waals surface area contributed by atoms with Gasteiger partial charge in [-0.3, -0.25) is 0 Å². The monoisotopic (exact) mass is 418 g/mol. The molecule has 0 saturated carbocycles. The first-order valence-corrected chi connectivity index (χ1v) is 10.5. The van der Waals surface area contributed by atoms with Gasteiger partial charge in [-0.1, -0.05) is 12.1 Å². The van der Waals surface area contributed by atoms with Gasteiger partial charge in [0.15, 0.2) is 0 Å². The molecule has 0 aliphatic carbocycles. The summed E-state index contributed by atoms with van der Waals surface area (Å²) in [4.78, 5) is 4.31. The Morgan fingerprint density at radius 1 is 0.800 bits per heavy atom. The van der Waals surface area contributed by atoms with Crippen molar-refractivity contribution in [3.8, 4) is 33.6 Å². The molecule has 6 heteroatoms. The third kappa shape index (κ3) is 5.24. The van der Waals surface area contributed by atoms with Crippen LogP contribution in [0, 0.1) is 0 Å². The van der Waals surface area contributed by atoms with Crippen LogP contribution in [0.1, 0.15) is 5.56 Å². The lowest BCUT2D eigenvalue weighted by molar-refractivity contribution is 0.265. The molecule has 5 nitrogen and oxygen atoms in total. The topological polar surface area (TPSA) is 77.6 Å². The highest BCUT2D eigenvalue weighted by atomic mass is 32.1. The SMILES string of the molecule is NC(CO)Cc1ccc(Oc2ccc(Oc3ccc(-c4nccs4)cc3)cc2)cc1. The molecule has 152 valence electrons. The van der Waals surface area contributed by atoms with E-state index in [2.05, 4.69) is 4.98 Å². The molecular formula is C24H22N2O3S. The number of thiazole rings is 1. The van der Waals surface area contributed by atoms with Crippen LogP contribution in [0.3, 0.4) is 0 Å². The van der Waals surface area contributed by atoms with E-state index in [0.717, 1.165) is 39.1 Å². The summed E-state index contributed by atoms with van der Waals surface area (Å²) < 4.78 is 11.8. The van der Waals surface area contributed by atoms with Gasteiger partial charge in [0, 0.05) is 23.2 Å². The van der Waals surface area contributed by atoms with Crippen molar-refractivity contribution in [2.24, 2.45) is 5.73 Å². The van der Waals surface area contributed by atoms with Crippen molar-refractivity contribution in [1.29, 1.82) is 0 Å². The van der Waals surface area contributed by atoms with E-state index >= 15 is 0 Å². The number of rotatable bonds is 8. The van der Waals surface area contributed by atoms with E-state index < -0.39 is 0 Å². The van der Waals surface area contributed by atoms with E-state index in [4.69, 9.17) is 20.3 Å². The Morgan fingerprint density at radius 3 is 1.77 bits per heavy atom. The molecule has 0 fully saturated rings. The molecule has 0 aliphatic rings. The third-order valence-electron chi connectivity index (χ3n) is 4.48. The van der Waals surface area contributed by atoms with Crippen LogP contribution in [0.5, 0.6) is 23.0 Å². The van der Waals surface area contributed by atoms with E-state index in [-0.39, 0.29) is 12.6 Å². The lowest BCUT2D eigenvalue weighted by Gasteiger charge is -2.10. The molecule has 0 saturated heterocycles. The summed E-state index contributed by atoms with van der Waals surface area (Å²) in [6, 6.07) is 22.8. The Labute approximate surface area is 179 Å². The van der Waals surface area contributed by atoms with Gasteiger partial charge in [0.25, 0.3) is 0 Å². The van der Waals surface area contributed by atoms with Crippen molar-refractivity contribution in [1.82, 2.24) is 4.98 Å². The van der Waals surface area contributed by atoms with Crippen LogP contribution < -0.4 is 15.2 Å². The molecule has 30 heavy (non-hydrogen) atoms. The zero-order valence-electron chi connectivity index (χ0n) is 16.3. The molecule has 1 atom stereocenters. The number of hydrogen-bond donors (Lipinski definition) is 2. The van der Waals surface area contributed by atoms with E-state index in [1.807, 2.05) is 78.2 Å². The molecule has 0 amide bonds. The van der Waals surface area contributed by atoms with Crippen LogP contribution in [-0.2, 0) is 6.42 Å². The second kappa shape index (κ2) is 9.54. The molecule has 1 aromatic heterocycles. The van der Waals surface area contributed by atoms with Crippen LogP contribution in [-0.4, -0.2) is 22.7 Å². The molecule has 4 rings (SSSR count). The molecule has 3 N–H and O–H groups in total. The fourth-order valence-corrected chi connectivity index (χ4v) is 3.58. The Hall–Kier alpha value is -3.19. The largest absolute Gasteiger partial charge is 0.457 e. The number of hydrogen-bond acceptors (Lipinski definition) is 6. The summed E-state index contributed by atoms with van der Waals surface area (Å²) in [6.07, 6.45) is 2.43. The number of aliphatic hydroxyl groups is 1. The van der Waals surface area contributed by atoms with Crippen LogP contribution in [0.25, 0.3) is 10.6 Å². The van der Waals surface area contributed by atoms with Gasteiger partial charge in [-0.05, 0) is 72.6 Å². The van der Waals surface area contributed by atoms with Crippen LogP contribution in [0.15, 0.2) is 84.4 Å². The van der Waals surface area contributed by atoms with Crippen molar-refractivity contribution >= 4 is 11.3 Å². The number of nitrogens with zero attached hydrogens (tertiary/aromatic N) is 1. The van der Waals surface area contributed by atoms with Crippen LogP contribution in [0.4, 0.5) is 0 Å². The normalized spacial score (nSPS) is 11.8. The first kappa shape index (κ1) is 20.1. The van der Waals surface area contributed by atoms with Crippen molar-refractivity contribution in [3.63, 3.8) is 0 Å². The fraction of sp³-hybridized carbons (Fsp3) is 0.125. The Morgan fingerprint density at radius 2 is 1.30 bits per heavy atom. The molecule has 0 bridgehead atoms. The molecule has 4 aromatic rings. The fourth-order valence-electron chi connectivity index (χ4n) is 2.94. The quantitative estimate of drug-likeness (QED) is 0.408. The number of benzene rings is 3. The summed E-state index contributed by atoms with van der Waals surface area (Å²) in [5.74, 6) is 2.96. The number of ether oxygens (including phenoxy) is 2. The lowest BCUT2D eigenvalue weighted by Crippen LogP contribution is -2.26. The van der Waals surface area contributed by atoms with Crippen molar-refractivity contribution in [2.45, 2.75) is 12.5 Å². The number of aliphatic hydroxyl groups excluding tert-OH is 1. The Bertz CT molecular complexity index is 1050. The highest BCUT2D eigenvalue weighted by Gasteiger charge is 2.05. The second-order valence-electron chi connectivity index (χ2n) is 6.83. The summed E-state index contributed by atoms with van der Waals surface area (Å²) in [7, 11) is 0. The third-order valence-corrected chi connectivity index (χ3v) is 5.31. The van der Waals surface area contributed by atoms with Gasteiger partial charge in [0.05, 0.1) is 6.61 Å². The molecule has 1 unspecified atom stereocenters. The van der Waals surface area contributed by atoms with Gasteiger partial charge in [-0.15, -0.1) is 11.3 Å². The van der Waals surface area contributed by atoms with Gasteiger partial charge in [0.1, 0.15) is 28.0 Å². The zero-order valence-corrected chi connectivity index (χ0v) is 17.1. The molecule has 0 radical (unpaired) electrons. The van der Waals surface area contributed by atoms with E-state index in [1.165, 1.54) is 0 Å². The summed E-state index contributed by atoms with van der Waals surface area (Å²) in [6.45, 7) is -0.0251. The highest BCUT2D eigenvalue weighted by Crippen LogP contribution is 2.29. The molecule has 0 aliphatic heterocycles. The van der Waals surface area contributed by atoms with Crippen molar-refractivity contribution < 1.29 is 14.6 Å². The zero-order chi connectivity index (χ0) is 20.8. The van der Waals surface area contributed by atoms with Crippen LogP contribution >= 0.6 is 11.3 Å². The average molecular weight is 419 g/mol. The van der Waals surface area contributed by atoms with Crippen molar-refractivity contribution in [3.05, 3.63) is 89.9 Å². The van der Waals surface area contributed by atoms with Crippen molar-refractivity contribution in [2.75, 3.05) is 6.61 Å². The summed E-state index contributed by atoms with van der Waals surface area (Å²) in [5, 5.41) is 12.0. The van der Waals surface area contributed by atoms with E-state index in [9.17, 15) is 0 Å². The van der Waals surface area contributed by atoms with Gasteiger partial charge < -0.3 is 20.3 Å².